The highest BCUT2D eigenvalue weighted by molar-refractivity contribution is 7.09. The summed E-state index contributed by atoms with van der Waals surface area (Å²) in [6.07, 6.45) is 1.88. The third-order valence-corrected chi connectivity index (χ3v) is 3.88. The Morgan fingerprint density at radius 2 is 2.31 bits per heavy atom. The average molecular weight is 241 g/mol. The van der Waals surface area contributed by atoms with Gasteiger partial charge in [-0.05, 0) is 19.8 Å². The van der Waals surface area contributed by atoms with E-state index in [1.807, 2.05) is 6.92 Å². The Balaban J connectivity index is 1.74. The topological polar surface area (TPSA) is 60.2 Å². The average Bonchev–Trinajstić information content (AvgIpc) is 2.65. The van der Waals surface area contributed by atoms with E-state index < -0.39 is 0 Å². The lowest BCUT2D eigenvalue weighted by Crippen LogP contribution is -2.52. The Morgan fingerprint density at radius 3 is 2.94 bits per heavy atom. The number of hydrogen-bond donors (Lipinski definition) is 2. The van der Waals surface area contributed by atoms with Gasteiger partial charge in [0.1, 0.15) is 5.01 Å². The highest BCUT2D eigenvalue weighted by Crippen LogP contribution is 2.17. The summed E-state index contributed by atoms with van der Waals surface area (Å²) in [6.45, 7) is 5.25. The lowest BCUT2D eigenvalue weighted by Gasteiger charge is -2.33. The van der Waals surface area contributed by atoms with Crippen molar-refractivity contribution in [3.63, 3.8) is 0 Å². The standard InChI is InChI=1S/C11H19N3OS/c1-9-7-16-10(14-9)6-13-8-11(12)2-4-15-5-3-11/h7,13H,2-6,8,12H2,1H3. The molecule has 0 aliphatic carbocycles. The summed E-state index contributed by atoms with van der Waals surface area (Å²) in [7, 11) is 0. The minimum absolute atomic E-state index is 0.0927. The summed E-state index contributed by atoms with van der Waals surface area (Å²) in [6, 6.07) is 0. The van der Waals surface area contributed by atoms with Gasteiger partial charge in [0.05, 0.1) is 0 Å². The number of nitrogens with one attached hydrogen (secondary N) is 1. The van der Waals surface area contributed by atoms with Crippen molar-refractivity contribution in [2.24, 2.45) is 5.73 Å². The van der Waals surface area contributed by atoms with E-state index in [0.717, 1.165) is 49.8 Å². The van der Waals surface area contributed by atoms with Gasteiger partial charge in [-0.15, -0.1) is 11.3 Å². The highest BCUT2D eigenvalue weighted by Gasteiger charge is 2.27. The quantitative estimate of drug-likeness (QED) is 0.827. The summed E-state index contributed by atoms with van der Waals surface area (Å²) in [5.74, 6) is 0. The van der Waals surface area contributed by atoms with Gasteiger partial charge in [0.15, 0.2) is 0 Å². The number of rotatable bonds is 4. The van der Waals surface area contributed by atoms with Crippen molar-refractivity contribution in [1.82, 2.24) is 10.3 Å². The molecule has 0 atom stereocenters. The van der Waals surface area contributed by atoms with Crippen LogP contribution >= 0.6 is 11.3 Å². The molecular weight excluding hydrogens is 222 g/mol. The van der Waals surface area contributed by atoms with Crippen LogP contribution in [-0.2, 0) is 11.3 Å². The van der Waals surface area contributed by atoms with Gasteiger partial charge in [0.2, 0.25) is 0 Å². The molecular formula is C11H19N3OS. The number of nitrogens with zero attached hydrogens (tertiary/aromatic N) is 1. The predicted octanol–water partition coefficient (Wildman–Crippen LogP) is 1.05. The Hall–Kier alpha value is -0.490. The Kier molecular flexibility index (Phi) is 3.91. The maximum absolute atomic E-state index is 6.27. The molecule has 1 saturated heterocycles. The maximum atomic E-state index is 6.27. The van der Waals surface area contributed by atoms with Crippen LogP contribution < -0.4 is 11.1 Å². The third-order valence-electron chi connectivity index (χ3n) is 2.91. The molecule has 0 spiro atoms. The van der Waals surface area contributed by atoms with Crippen LogP contribution in [0.1, 0.15) is 23.5 Å². The number of ether oxygens (including phenoxy) is 1. The number of nitrogens with two attached hydrogens (primary N) is 1. The van der Waals surface area contributed by atoms with Crippen LogP contribution in [0.3, 0.4) is 0 Å². The van der Waals surface area contributed by atoms with Gasteiger partial charge in [-0.25, -0.2) is 4.98 Å². The largest absolute Gasteiger partial charge is 0.381 e. The fourth-order valence-electron chi connectivity index (χ4n) is 1.86. The summed E-state index contributed by atoms with van der Waals surface area (Å²) < 4.78 is 5.31. The van der Waals surface area contributed by atoms with E-state index in [1.54, 1.807) is 11.3 Å². The van der Waals surface area contributed by atoms with Crippen LogP contribution in [0.2, 0.25) is 0 Å². The molecule has 1 aliphatic heterocycles. The van der Waals surface area contributed by atoms with Gasteiger partial charge in [-0.3, -0.25) is 0 Å². The van der Waals surface area contributed by atoms with Crippen LogP contribution in [0.15, 0.2) is 5.38 Å². The molecule has 0 saturated carbocycles. The first-order chi connectivity index (χ1) is 7.68. The number of aryl methyl sites for hydroxylation is 1. The molecule has 1 aliphatic rings. The molecule has 16 heavy (non-hydrogen) atoms. The molecule has 0 amide bonds. The van der Waals surface area contributed by atoms with Crippen LogP contribution in [0.5, 0.6) is 0 Å². The molecule has 1 fully saturated rings. The molecule has 90 valence electrons. The number of thiazole rings is 1. The minimum atomic E-state index is -0.0927. The molecule has 0 unspecified atom stereocenters. The SMILES string of the molecule is Cc1csc(CNCC2(N)CCOCC2)n1. The van der Waals surface area contributed by atoms with E-state index in [-0.39, 0.29) is 5.54 Å². The summed E-state index contributed by atoms with van der Waals surface area (Å²) in [5.41, 5.74) is 7.27. The van der Waals surface area contributed by atoms with E-state index in [0.29, 0.717) is 0 Å². The van der Waals surface area contributed by atoms with Crippen molar-refractivity contribution in [2.75, 3.05) is 19.8 Å². The van der Waals surface area contributed by atoms with Crippen molar-refractivity contribution >= 4 is 11.3 Å². The second-order valence-electron chi connectivity index (χ2n) is 4.46. The summed E-state index contributed by atoms with van der Waals surface area (Å²) in [4.78, 5) is 4.41. The van der Waals surface area contributed by atoms with Gasteiger partial charge in [-0.1, -0.05) is 0 Å². The molecule has 5 heteroatoms. The Morgan fingerprint density at radius 1 is 1.56 bits per heavy atom. The predicted molar refractivity (Wildman–Crippen MR) is 65.5 cm³/mol. The molecule has 1 aromatic rings. The van der Waals surface area contributed by atoms with Crippen LogP contribution in [0.4, 0.5) is 0 Å². The lowest BCUT2D eigenvalue weighted by molar-refractivity contribution is 0.0531. The third kappa shape index (κ3) is 3.25. The first-order valence-electron chi connectivity index (χ1n) is 5.66. The second kappa shape index (κ2) is 5.23. The van der Waals surface area contributed by atoms with Crippen molar-refractivity contribution in [3.8, 4) is 0 Å². The van der Waals surface area contributed by atoms with Crippen molar-refractivity contribution < 1.29 is 4.74 Å². The molecule has 0 aromatic carbocycles. The molecule has 3 N–H and O–H groups in total. The van der Waals surface area contributed by atoms with Crippen molar-refractivity contribution in [1.29, 1.82) is 0 Å². The first kappa shape index (κ1) is 12.0. The molecule has 4 nitrogen and oxygen atoms in total. The van der Waals surface area contributed by atoms with E-state index in [9.17, 15) is 0 Å². The zero-order valence-corrected chi connectivity index (χ0v) is 10.5. The van der Waals surface area contributed by atoms with Crippen molar-refractivity contribution in [3.05, 3.63) is 16.1 Å². The van der Waals surface area contributed by atoms with Gasteiger partial charge in [0.25, 0.3) is 0 Å². The monoisotopic (exact) mass is 241 g/mol. The van der Waals surface area contributed by atoms with Gasteiger partial charge >= 0.3 is 0 Å². The smallest absolute Gasteiger partial charge is 0.107 e. The fraction of sp³-hybridized carbons (Fsp3) is 0.727. The van der Waals surface area contributed by atoms with E-state index in [1.165, 1.54) is 0 Å². The summed E-state index contributed by atoms with van der Waals surface area (Å²) >= 11 is 1.70. The van der Waals surface area contributed by atoms with Crippen LogP contribution in [0.25, 0.3) is 0 Å². The lowest BCUT2D eigenvalue weighted by atomic mass is 9.91. The number of aromatic nitrogens is 1. The zero-order valence-electron chi connectivity index (χ0n) is 9.66. The van der Waals surface area contributed by atoms with Crippen molar-refractivity contribution in [2.45, 2.75) is 31.8 Å². The van der Waals surface area contributed by atoms with E-state index >= 15 is 0 Å². The molecule has 1 aromatic heterocycles. The summed E-state index contributed by atoms with van der Waals surface area (Å²) in [5, 5.41) is 6.60. The van der Waals surface area contributed by atoms with E-state index in [2.05, 4.69) is 15.7 Å². The number of hydrogen-bond acceptors (Lipinski definition) is 5. The molecule has 0 bridgehead atoms. The Bertz CT molecular complexity index is 334. The van der Waals surface area contributed by atoms with Gasteiger partial charge < -0.3 is 15.8 Å². The zero-order chi connectivity index (χ0) is 11.4. The first-order valence-corrected chi connectivity index (χ1v) is 6.54. The van der Waals surface area contributed by atoms with Gasteiger partial charge in [-0.2, -0.15) is 0 Å². The Labute approximate surface area is 100 Å². The second-order valence-corrected chi connectivity index (χ2v) is 5.40. The maximum Gasteiger partial charge on any atom is 0.107 e. The van der Waals surface area contributed by atoms with E-state index in [4.69, 9.17) is 10.5 Å². The van der Waals surface area contributed by atoms with Crippen LogP contribution in [-0.4, -0.2) is 30.3 Å². The molecule has 2 heterocycles. The minimum Gasteiger partial charge on any atom is -0.381 e. The highest BCUT2D eigenvalue weighted by atomic mass is 32.1. The van der Waals surface area contributed by atoms with Gasteiger partial charge in [0, 0.05) is 42.9 Å². The van der Waals surface area contributed by atoms with Crippen LogP contribution in [0, 0.1) is 6.92 Å². The molecule has 2 rings (SSSR count). The molecule has 0 radical (unpaired) electrons. The fourth-order valence-corrected chi connectivity index (χ4v) is 2.60. The normalized spacial score (nSPS) is 19.9.